The molecule has 1 amide bonds. The van der Waals surface area contributed by atoms with Crippen LogP contribution >= 0.6 is 0 Å². The summed E-state index contributed by atoms with van der Waals surface area (Å²) >= 11 is 0. The van der Waals surface area contributed by atoms with E-state index in [9.17, 15) is 4.79 Å². The number of anilines is 1. The molecule has 0 aliphatic heterocycles. The summed E-state index contributed by atoms with van der Waals surface area (Å²) in [4.78, 5) is 23.1. The van der Waals surface area contributed by atoms with Crippen molar-refractivity contribution < 1.29 is 4.79 Å². The Bertz CT molecular complexity index is 709. The third kappa shape index (κ3) is 5.01. The average Bonchev–Trinajstić information content (AvgIpc) is 2.88. The molecular formula is C18H28N6O. The van der Waals surface area contributed by atoms with Crippen LogP contribution in [0, 0.1) is 13.8 Å². The van der Waals surface area contributed by atoms with Crippen LogP contribution < -0.4 is 10.2 Å². The van der Waals surface area contributed by atoms with E-state index in [-0.39, 0.29) is 11.8 Å². The largest absolute Gasteiger partial charge is 0.351 e. The van der Waals surface area contributed by atoms with Crippen LogP contribution in [0.25, 0.3) is 0 Å². The molecule has 0 saturated carbocycles. The first-order valence-corrected chi connectivity index (χ1v) is 8.63. The topological polar surface area (TPSA) is 75.9 Å². The zero-order valence-electron chi connectivity index (χ0n) is 16.0. The fourth-order valence-electron chi connectivity index (χ4n) is 2.49. The van der Waals surface area contributed by atoms with Gasteiger partial charge in [0.05, 0.1) is 5.69 Å². The molecule has 2 rings (SSSR count). The van der Waals surface area contributed by atoms with Crippen molar-refractivity contribution in [3.05, 3.63) is 34.9 Å². The average molecular weight is 344 g/mol. The molecule has 0 unspecified atom stereocenters. The van der Waals surface area contributed by atoms with E-state index in [4.69, 9.17) is 0 Å². The minimum Gasteiger partial charge on any atom is -0.351 e. The number of hydrogen-bond acceptors (Lipinski definition) is 5. The normalized spacial score (nSPS) is 11.0. The van der Waals surface area contributed by atoms with Gasteiger partial charge < -0.3 is 10.2 Å². The number of nitrogens with one attached hydrogen (secondary N) is 1. The summed E-state index contributed by atoms with van der Waals surface area (Å²) in [6.07, 6.45) is 0.816. The lowest BCUT2D eigenvalue weighted by Gasteiger charge is -2.15. The van der Waals surface area contributed by atoms with Gasteiger partial charge in [-0.15, -0.1) is 0 Å². The van der Waals surface area contributed by atoms with E-state index in [2.05, 4.69) is 40.3 Å². The van der Waals surface area contributed by atoms with Gasteiger partial charge in [0.1, 0.15) is 5.69 Å². The van der Waals surface area contributed by atoms with Crippen LogP contribution in [0.2, 0.25) is 0 Å². The minimum atomic E-state index is -0.166. The highest BCUT2D eigenvalue weighted by molar-refractivity contribution is 5.92. The van der Waals surface area contributed by atoms with E-state index < -0.39 is 0 Å². The Labute approximate surface area is 149 Å². The number of aryl methyl sites for hydroxylation is 3. The van der Waals surface area contributed by atoms with Crippen LogP contribution in [0.15, 0.2) is 12.1 Å². The highest BCUT2D eigenvalue weighted by Crippen LogP contribution is 2.16. The number of rotatable bonds is 7. The van der Waals surface area contributed by atoms with E-state index in [0.29, 0.717) is 18.2 Å². The summed E-state index contributed by atoms with van der Waals surface area (Å²) in [5.74, 6) is 0.624. The van der Waals surface area contributed by atoms with E-state index in [1.54, 1.807) is 6.07 Å². The Balaban J connectivity index is 1.97. The first kappa shape index (κ1) is 18.9. The predicted molar refractivity (Wildman–Crippen MR) is 99.1 cm³/mol. The Hall–Kier alpha value is -2.44. The third-order valence-corrected chi connectivity index (χ3v) is 3.89. The van der Waals surface area contributed by atoms with Crippen LogP contribution in [0.1, 0.15) is 53.8 Å². The zero-order chi connectivity index (χ0) is 18.6. The standard InChI is InChI=1S/C18H28N6O/c1-12(2)15-11-16(21-18(20-15)23(5)6)17(25)19-8-7-9-24-14(4)10-13(3)22-24/h10-12H,7-9H2,1-6H3,(H,19,25). The lowest BCUT2D eigenvalue weighted by molar-refractivity contribution is 0.0947. The van der Waals surface area contributed by atoms with Crippen LogP contribution in [0.5, 0.6) is 0 Å². The summed E-state index contributed by atoms with van der Waals surface area (Å²) < 4.78 is 1.97. The lowest BCUT2D eigenvalue weighted by atomic mass is 10.1. The molecule has 2 heterocycles. The van der Waals surface area contributed by atoms with Crippen LogP contribution in [0.3, 0.4) is 0 Å². The van der Waals surface area contributed by atoms with Gasteiger partial charge in [-0.1, -0.05) is 13.8 Å². The Morgan fingerprint density at radius 3 is 2.52 bits per heavy atom. The molecule has 2 aromatic rings. The Kier molecular flexibility index (Phi) is 6.12. The van der Waals surface area contributed by atoms with Gasteiger partial charge in [-0.25, -0.2) is 9.97 Å². The SMILES string of the molecule is Cc1cc(C)n(CCCNC(=O)c2cc(C(C)C)nc(N(C)C)n2)n1. The second-order valence-corrected chi connectivity index (χ2v) is 6.79. The number of hydrogen-bond donors (Lipinski definition) is 1. The molecule has 0 radical (unpaired) electrons. The molecule has 0 saturated heterocycles. The summed E-state index contributed by atoms with van der Waals surface area (Å²) in [6, 6.07) is 3.82. The van der Waals surface area contributed by atoms with Gasteiger partial charge in [0.15, 0.2) is 0 Å². The monoisotopic (exact) mass is 344 g/mol. The Morgan fingerprint density at radius 1 is 1.24 bits per heavy atom. The van der Waals surface area contributed by atoms with Gasteiger partial charge in [0.25, 0.3) is 5.91 Å². The molecule has 0 spiro atoms. The van der Waals surface area contributed by atoms with Crippen LogP contribution in [-0.4, -0.2) is 46.3 Å². The molecule has 136 valence electrons. The fourth-order valence-corrected chi connectivity index (χ4v) is 2.49. The molecule has 0 fully saturated rings. The number of carbonyl (C=O) groups is 1. The molecule has 25 heavy (non-hydrogen) atoms. The van der Waals surface area contributed by atoms with E-state index >= 15 is 0 Å². The summed E-state index contributed by atoms with van der Waals surface area (Å²) in [5, 5.41) is 7.36. The van der Waals surface area contributed by atoms with E-state index in [1.807, 2.05) is 37.5 Å². The summed E-state index contributed by atoms with van der Waals surface area (Å²) in [6.45, 7) is 9.49. The maximum atomic E-state index is 12.4. The molecule has 1 N–H and O–H groups in total. The maximum Gasteiger partial charge on any atom is 0.270 e. The fraction of sp³-hybridized carbons (Fsp3) is 0.556. The van der Waals surface area contributed by atoms with Gasteiger partial charge in [-0.3, -0.25) is 9.48 Å². The highest BCUT2D eigenvalue weighted by atomic mass is 16.1. The van der Waals surface area contributed by atoms with Gasteiger partial charge in [0, 0.05) is 38.6 Å². The second kappa shape index (κ2) is 8.09. The number of nitrogens with zero attached hydrogens (tertiary/aromatic N) is 5. The molecule has 0 aliphatic rings. The van der Waals surface area contributed by atoms with Crippen molar-refractivity contribution in [3.63, 3.8) is 0 Å². The lowest BCUT2D eigenvalue weighted by Crippen LogP contribution is -2.27. The summed E-state index contributed by atoms with van der Waals surface area (Å²) in [5.41, 5.74) is 3.43. The molecule has 7 nitrogen and oxygen atoms in total. The van der Waals surface area contributed by atoms with Crippen LogP contribution in [0.4, 0.5) is 5.95 Å². The first-order chi connectivity index (χ1) is 11.8. The van der Waals surface area contributed by atoms with E-state index in [0.717, 1.165) is 30.0 Å². The van der Waals surface area contributed by atoms with Gasteiger partial charge in [-0.2, -0.15) is 5.10 Å². The second-order valence-electron chi connectivity index (χ2n) is 6.79. The zero-order valence-corrected chi connectivity index (χ0v) is 16.0. The molecule has 0 aliphatic carbocycles. The number of aromatic nitrogens is 4. The van der Waals surface area contributed by atoms with Crippen molar-refractivity contribution in [2.24, 2.45) is 0 Å². The molecule has 0 bridgehead atoms. The van der Waals surface area contributed by atoms with Crippen molar-refractivity contribution in [3.8, 4) is 0 Å². The molecule has 2 aromatic heterocycles. The molecule has 0 atom stereocenters. The third-order valence-electron chi connectivity index (χ3n) is 3.89. The van der Waals surface area contributed by atoms with Crippen molar-refractivity contribution in [2.75, 3.05) is 25.5 Å². The quantitative estimate of drug-likeness (QED) is 0.780. The highest BCUT2D eigenvalue weighted by Gasteiger charge is 2.14. The Morgan fingerprint density at radius 2 is 1.96 bits per heavy atom. The maximum absolute atomic E-state index is 12.4. The van der Waals surface area contributed by atoms with Crippen LogP contribution in [-0.2, 0) is 6.54 Å². The predicted octanol–water partition coefficient (Wildman–Crippen LogP) is 2.30. The van der Waals surface area contributed by atoms with Crippen molar-refractivity contribution >= 4 is 11.9 Å². The van der Waals surface area contributed by atoms with Crippen molar-refractivity contribution in [2.45, 2.75) is 46.6 Å². The van der Waals surface area contributed by atoms with E-state index in [1.165, 1.54) is 0 Å². The number of amides is 1. The first-order valence-electron chi connectivity index (χ1n) is 8.63. The summed E-state index contributed by atoms with van der Waals surface area (Å²) in [7, 11) is 3.74. The van der Waals surface area contributed by atoms with Gasteiger partial charge in [0.2, 0.25) is 5.95 Å². The van der Waals surface area contributed by atoms with Gasteiger partial charge in [-0.05, 0) is 38.3 Å². The molecular weight excluding hydrogens is 316 g/mol. The van der Waals surface area contributed by atoms with Crippen molar-refractivity contribution in [1.29, 1.82) is 0 Å². The molecule has 7 heteroatoms. The number of carbonyl (C=O) groups excluding carboxylic acids is 1. The van der Waals surface area contributed by atoms with Gasteiger partial charge >= 0.3 is 0 Å². The smallest absolute Gasteiger partial charge is 0.270 e. The van der Waals surface area contributed by atoms with Crippen molar-refractivity contribution in [1.82, 2.24) is 25.1 Å². The molecule has 0 aromatic carbocycles. The minimum absolute atomic E-state index is 0.166.